The Morgan fingerprint density at radius 1 is 1.32 bits per heavy atom. The Hall–Kier alpha value is -0.950. The van der Waals surface area contributed by atoms with Gasteiger partial charge in [0, 0.05) is 5.75 Å². The van der Waals surface area contributed by atoms with E-state index in [1.54, 1.807) is 0 Å². The van der Waals surface area contributed by atoms with E-state index in [-0.39, 0.29) is 0 Å². The highest BCUT2D eigenvalue weighted by atomic mass is 32.2. The number of aliphatic hydroxyl groups excluding tert-OH is 1. The van der Waals surface area contributed by atoms with Crippen molar-refractivity contribution < 1.29 is 9.84 Å². The van der Waals surface area contributed by atoms with Crippen molar-refractivity contribution in [1.29, 1.82) is 0 Å². The predicted molar refractivity (Wildman–Crippen MR) is 77.5 cm³/mol. The van der Waals surface area contributed by atoms with Gasteiger partial charge in [-0.15, -0.1) is 10.2 Å². The maximum Gasteiger partial charge on any atom is 0.174 e. The van der Waals surface area contributed by atoms with Crippen LogP contribution in [-0.2, 0) is 11.3 Å². The summed E-state index contributed by atoms with van der Waals surface area (Å²) in [5.41, 5.74) is 1.11. The molecule has 0 aliphatic carbocycles. The molecule has 0 bridgehead atoms. The molecule has 2 aromatic rings. The first-order valence-corrected chi connectivity index (χ1v) is 7.77. The molecule has 0 aliphatic heterocycles. The summed E-state index contributed by atoms with van der Waals surface area (Å²) < 4.78 is 6.37. The number of hydrogen-bond acceptors (Lipinski definition) is 6. The summed E-state index contributed by atoms with van der Waals surface area (Å²) in [4.78, 5) is 0. The van der Waals surface area contributed by atoms with Gasteiger partial charge in [-0.05, 0) is 12.5 Å². The summed E-state index contributed by atoms with van der Waals surface area (Å²) in [6, 6.07) is 9.93. The van der Waals surface area contributed by atoms with E-state index >= 15 is 0 Å². The molecule has 1 aromatic carbocycles. The van der Waals surface area contributed by atoms with Gasteiger partial charge in [0.15, 0.2) is 4.34 Å². The molecule has 0 aliphatic rings. The molecule has 0 saturated heterocycles. The topological polar surface area (TPSA) is 55.2 Å². The van der Waals surface area contributed by atoms with Gasteiger partial charge >= 0.3 is 0 Å². The second kappa shape index (κ2) is 7.59. The lowest BCUT2D eigenvalue weighted by molar-refractivity contribution is 0.0398. The monoisotopic (exact) mass is 296 g/mol. The Labute approximate surface area is 120 Å². The second-order valence-electron chi connectivity index (χ2n) is 4.05. The van der Waals surface area contributed by atoms with Crippen LogP contribution >= 0.6 is 23.1 Å². The average molecular weight is 296 g/mol. The molecule has 4 nitrogen and oxygen atoms in total. The Balaban J connectivity index is 1.63. The van der Waals surface area contributed by atoms with Crippen LogP contribution in [0.3, 0.4) is 0 Å². The molecular formula is C13H16N2O2S2. The maximum atomic E-state index is 9.81. The van der Waals surface area contributed by atoms with Crippen LogP contribution in [0, 0.1) is 6.92 Å². The zero-order chi connectivity index (χ0) is 13.5. The fourth-order valence-electron chi connectivity index (χ4n) is 1.44. The first kappa shape index (κ1) is 14.5. The maximum absolute atomic E-state index is 9.81. The molecule has 0 fully saturated rings. The summed E-state index contributed by atoms with van der Waals surface area (Å²) in [5.74, 6) is 0.573. The van der Waals surface area contributed by atoms with E-state index in [1.165, 1.54) is 23.1 Å². The minimum atomic E-state index is -0.488. The van der Waals surface area contributed by atoms with Crippen molar-refractivity contribution in [2.24, 2.45) is 0 Å². The fraction of sp³-hybridized carbons (Fsp3) is 0.385. The number of thioether (sulfide) groups is 1. The van der Waals surface area contributed by atoms with E-state index in [1.807, 2.05) is 37.3 Å². The van der Waals surface area contributed by atoms with Crippen molar-refractivity contribution in [3.05, 3.63) is 40.9 Å². The van der Waals surface area contributed by atoms with Gasteiger partial charge in [-0.1, -0.05) is 53.4 Å². The quantitative estimate of drug-likeness (QED) is 0.796. The van der Waals surface area contributed by atoms with Crippen molar-refractivity contribution in [2.45, 2.75) is 24.0 Å². The van der Waals surface area contributed by atoms with Gasteiger partial charge in [0.05, 0.1) is 19.3 Å². The van der Waals surface area contributed by atoms with E-state index in [4.69, 9.17) is 4.74 Å². The van der Waals surface area contributed by atoms with Crippen LogP contribution in [0.1, 0.15) is 10.6 Å². The lowest BCUT2D eigenvalue weighted by Gasteiger charge is -2.09. The number of aromatic nitrogens is 2. The van der Waals surface area contributed by atoms with Crippen molar-refractivity contribution >= 4 is 23.1 Å². The van der Waals surface area contributed by atoms with Crippen LogP contribution in [0.2, 0.25) is 0 Å². The first-order valence-electron chi connectivity index (χ1n) is 5.96. The largest absolute Gasteiger partial charge is 0.390 e. The smallest absolute Gasteiger partial charge is 0.174 e. The summed E-state index contributed by atoms with van der Waals surface area (Å²) in [6.07, 6.45) is -0.488. The third-order valence-electron chi connectivity index (χ3n) is 2.33. The highest BCUT2D eigenvalue weighted by Crippen LogP contribution is 2.22. The normalized spacial score (nSPS) is 12.5. The van der Waals surface area contributed by atoms with Gasteiger partial charge in [0.1, 0.15) is 5.01 Å². The fourth-order valence-corrected chi connectivity index (χ4v) is 3.19. The highest BCUT2D eigenvalue weighted by Gasteiger charge is 2.08. The minimum absolute atomic E-state index is 0.333. The van der Waals surface area contributed by atoms with Gasteiger partial charge in [0.2, 0.25) is 0 Å². The van der Waals surface area contributed by atoms with Crippen molar-refractivity contribution in [2.75, 3.05) is 12.4 Å². The SMILES string of the molecule is Cc1nnc(SCC(O)COCc2ccccc2)s1. The number of hydrogen-bond donors (Lipinski definition) is 1. The Kier molecular flexibility index (Phi) is 5.78. The molecule has 2 rings (SSSR count). The molecule has 19 heavy (non-hydrogen) atoms. The zero-order valence-corrected chi connectivity index (χ0v) is 12.3. The minimum Gasteiger partial charge on any atom is -0.390 e. The van der Waals surface area contributed by atoms with Crippen LogP contribution in [0.25, 0.3) is 0 Å². The van der Waals surface area contributed by atoms with Gasteiger partial charge in [-0.25, -0.2) is 0 Å². The lowest BCUT2D eigenvalue weighted by Crippen LogP contribution is -2.17. The predicted octanol–water partition coefficient (Wildman–Crippen LogP) is 2.52. The van der Waals surface area contributed by atoms with Crippen molar-refractivity contribution in [3.63, 3.8) is 0 Å². The zero-order valence-electron chi connectivity index (χ0n) is 10.7. The summed E-state index contributed by atoms with van der Waals surface area (Å²) in [6.45, 7) is 2.78. The Morgan fingerprint density at radius 2 is 2.11 bits per heavy atom. The standard InChI is InChI=1S/C13H16N2O2S2/c1-10-14-15-13(19-10)18-9-12(16)8-17-7-11-5-3-2-4-6-11/h2-6,12,16H,7-9H2,1H3. The summed E-state index contributed by atoms with van der Waals surface area (Å²) in [5, 5.41) is 18.7. The third-order valence-corrected chi connectivity index (χ3v) is 4.45. The third kappa shape index (κ3) is 5.28. The number of nitrogens with zero attached hydrogens (tertiary/aromatic N) is 2. The van der Waals surface area contributed by atoms with E-state index < -0.39 is 6.10 Å². The Bertz CT molecular complexity index is 490. The second-order valence-corrected chi connectivity index (χ2v) is 6.50. The number of aryl methyl sites for hydroxylation is 1. The number of aliphatic hydroxyl groups is 1. The van der Waals surface area contributed by atoms with Crippen molar-refractivity contribution in [3.8, 4) is 0 Å². The van der Waals surface area contributed by atoms with E-state index in [9.17, 15) is 5.11 Å². The molecule has 0 radical (unpaired) electrons. The van der Waals surface area contributed by atoms with Crippen molar-refractivity contribution in [1.82, 2.24) is 10.2 Å². The van der Waals surface area contributed by atoms with Gasteiger partial charge in [-0.2, -0.15) is 0 Å². The molecule has 1 N–H and O–H groups in total. The molecule has 1 heterocycles. The Morgan fingerprint density at radius 3 is 2.79 bits per heavy atom. The molecule has 0 saturated carbocycles. The van der Waals surface area contributed by atoms with Crippen LogP contribution in [0.15, 0.2) is 34.7 Å². The van der Waals surface area contributed by atoms with Gasteiger partial charge in [-0.3, -0.25) is 0 Å². The molecular weight excluding hydrogens is 280 g/mol. The number of benzene rings is 1. The van der Waals surface area contributed by atoms with Crippen LogP contribution in [0.4, 0.5) is 0 Å². The molecule has 0 spiro atoms. The molecule has 1 unspecified atom stereocenters. The van der Waals surface area contributed by atoms with Gasteiger partial charge in [0.25, 0.3) is 0 Å². The van der Waals surface area contributed by atoms with E-state index in [0.717, 1.165) is 14.9 Å². The number of ether oxygens (including phenoxy) is 1. The molecule has 1 aromatic heterocycles. The van der Waals surface area contributed by atoms with E-state index in [0.29, 0.717) is 19.0 Å². The van der Waals surface area contributed by atoms with Gasteiger partial charge < -0.3 is 9.84 Å². The van der Waals surface area contributed by atoms with Crippen LogP contribution in [-0.4, -0.2) is 33.8 Å². The van der Waals surface area contributed by atoms with Crippen LogP contribution in [0.5, 0.6) is 0 Å². The number of rotatable bonds is 7. The molecule has 0 amide bonds. The van der Waals surface area contributed by atoms with E-state index in [2.05, 4.69) is 10.2 Å². The summed E-state index contributed by atoms with van der Waals surface area (Å²) in [7, 11) is 0. The average Bonchev–Trinajstić information content (AvgIpc) is 2.83. The summed E-state index contributed by atoms with van der Waals surface area (Å²) >= 11 is 3.05. The lowest BCUT2D eigenvalue weighted by atomic mass is 10.2. The molecule has 102 valence electrons. The van der Waals surface area contributed by atoms with Crippen LogP contribution < -0.4 is 0 Å². The molecule has 1 atom stereocenters. The molecule has 6 heteroatoms. The first-order chi connectivity index (χ1) is 9.24. The highest BCUT2D eigenvalue weighted by molar-refractivity contribution is 8.01.